The standard InChI is InChI=1S/C12H10S/c1-2-11-8-9-12(13-11)10-6-4-3-5-7-10/h2-9H,1H2. The molecular formula is C12H10S. The summed E-state index contributed by atoms with van der Waals surface area (Å²) >= 11 is 1.77. The van der Waals surface area contributed by atoms with Crippen molar-refractivity contribution in [3.63, 3.8) is 0 Å². The van der Waals surface area contributed by atoms with E-state index in [9.17, 15) is 0 Å². The Bertz CT molecular complexity index is 398. The van der Waals surface area contributed by atoms with Crippen LogP contribution in [-0.4, -0.2) is 0 Å². The van der Waals surface area contributed by atoms with Gasteiger partial charge in [0.15, 0.2) is 0 Å². The van der Waals surface area contributed by atoms with Gasteiger partial charge in [0.2, 0.25) is 0 Å². The molecule has 1 heteroatoms. The number of benzene rings is 1. The summed E-state index contributed by atoms with van der Waals surface area (Å²) in [5, 5.41) is 0. The van der Waals surface area contributed by atoms with Crippen LogP contribution in [0.4, 0.5) is 0 Å². The van der Waals surface area contributed by atoms with Crippen molar-refractivity contribution in [2.24, 2.45) is 0 Å². The molecule has 0 saturated carbocycles. The molecule has 0 unspecified atom stereocenters. The van der Waals surface area contributed by atoms with E-state index in [0.29, 0.717) is 0 Å². The molecule has 0 spiro atoms. The van der Waals surface area contributed by atoms with E-state index in [1.165, 1.54) is 15.3 Å². The zero-order valence-corrected chi connectivity index (χ0v) is 8.05. The highest BCUT2D eigenvalue weighted by molar-refractivity contribution is 7.16. The first-order valence-corrected chi connectivity index (χ1v) is 4.99. The molecule has 2 aromatic rings. The van der Waals surface area contributed by atoms with Crippen LogP contribution in [0.2, 0.25) is 0 Å². The number of rotatable bonds is 2. The maximum Gasteiger partial charge on any atom is 0.0349 e. The average Bonchev–Trinajstić information content (AvgIpc) is 2.67. The third kappa shape index (κ3) is 1.70. The SMILES string of the molecule is C=Cc1ccc(-c2ccccc2)s1. The number of thiophene rings is 1. The van der Waals surface area contributed by atoms with Crippen LogP contribution < -0.4 is 0 Å². The molecule has 0 N–H and O–H groups in total. The lowest BCUT2D eigenvalue weighted by Crippen LogP contribution is -1.67. The maximum absolute atomic E-state index is 3.75. The Hall–Kier alpha value is -1.34. The van der Waals surface area contributed by atoms with E-state index in [2.05, 4.69) is 43.0 Å². The van der Waals surface area contributed by atoms with Crippen molar-refractivity contribution in [2.75, 3.05) is 0 Å². The lowest BCUT2D eigenvalue weighted by atomic mass is 10.2. The fraction of sp³-hybridized carbons (Fsp3) is 0. The van der Waals surface area contributed by atoms with E-state index in [1.807, 2.05) is 12.1 Å². The van der Waals surface area contributed by atoms with Crippen LogP contribution in [0.1, 0.15) is 4.88 Å². The Kier molecular flexibility index (Phi) is 2.28. The van der Waals surface area contributed by atoms with E-state index in [0.717, 1.165) is 0 Å². The van der Waals surface area contributed by atoms with Gasteiger partial charge < -0.3 is 0 Å². The Morgan fingerprint density at radius 2 is 1.77 bits per heavy atom. The first-order valence-electron chi connectivity index (χ1n) is 4.18. The molecule has 1 aromatic heterocycles. The highest BCUT2D eigenvalue weighted by Crippen LogP contribution is 2.27. The molecule has 0 bridgehead atoms. The van der Waals surface area contributed by atoms with Crippen LogP contribution in [0.25, 0.3) is 16.5 Å². The van der Waals surface area contributed by atoms with Gasteiger partial charge in [0, 0.05) is 9.75 Å². The molecule has 1 aromatic carbocycles. The number of hydrogen-bond acceptors (Lipinski definition) is 1. The van der Waals surface area contributed by atoms with Crippen LogP contribution in [0.5, 0.6) is 0 Å². The van der Waals surface area contributed by atoms with Crippen LogP contribution >= 0.6 is 11.3 Å². The summed E-state index contributed by atoms with van der Waals surface area (Å²) in [5.74, 6) is 0. The normalized spacial score (nSPS) is 9.85. The Labute approximate surface area is 82.2 Å². The second kappa shape index (κ2) is 3.58. The fourth-order valence-electron chi connectivity index (χ4n) is 1.22. The van der Waals surface area contributed by atoms with E-state index < -0.39 is 0 Å². The van der Waals surface area contributed by atoms with Gasteiger partial charge in [0.25, 0.3) is 0 Å². The van der Waals surface area contributed by atoms with Crippen molar-refractivity contribution in [2.45, 2.75) is 0 Å². The van der Waals surface area contributed by atoms with Gasteiger partial charge in [-0.1, -0.05) is 43.0 Å². The van der Waals surface area contributed by atoms with E-state index in [1.54, 1.807) is 11.3 Å². The van der Waals surface area contributed by atoms with Crippen molar-refractivity contribution >= 4 is 17.4 Å². The molecule has 0 aliphatic rings. The van der Waals surface area contributed by atoms with Gasteiger partial charge in [-0.3, -0.25) is 0 Å². The molecule has 0 aliphatic heterocycles. The van der Waals surface area contributed by atoms with E-state index in [-0.39, 0.29) is 0 Å². The zero-order valence-electron chi connectivity index (χ0n) is 7.23. The first kappa shape index (κ1) is 8.27. The molecule has 64 valence electrons. The average molecular weight is 186 g/mol. The lowest BCUT2D eigenvalue weighted by molar-refractivity contribution is 1.70. The molecule has 0 nitrogen and oxygen atoms in total. The second-order valence-electron chi connectivity index (χ2n) is 2.77. The van der Waals surface area contributed by atoms with Crippen molar-refractivity contribution < 1.29 is 0 Å². The minimum absolute atomic E-state index is 1.22. The molecular weight excluding hydrogens is 176 g/mol. The third-order valence-corrected chi connectivity index (χ3v) is 3.02. The lowest BCUT2D eigenvalue weighted by Gasteiger charge is -1.93. The molecule has 0 amide bonds. The quantitative estimate of drug-likeness (QED) is 0.663. The molecule has 1 heterocycles. The van der Waals surface area contributed by atoms with Crippen LogP contribution in [-0.2, 0) is 0 Å². The monoisotopic (exact) mass is 186 g/mol. The summed E-state index contributed by atoms with van der Waals surface area (Å²) in [4.78, 5) is 2.52. The minimum atomic E-state index is 1.22. The predicted molar refractivity (Wildman–Crippen MR) is 59.8 cm³/mol. The molecule has 0 aliphatic carbocycles. The van der Waals surface area contributed by atoms with E-state index in [4.69, 9.17) is 0 Å². The minimum Gasteiger partial charge on any atom is -0.136 e. The molecule has 13 heavy (non-hydrogen) atoms. The van der Waals surface area contributed by atoms with Crippen LogP contribution in [0.15, 0.2) is 49.0 Å². The summed E-state index contributed by atoms with van der Waals surface area (Å²) in [6.07, 6.45) is 1.89. The highest BCUT2D eigenvalue weighted by atomic mass is 32.1. The van der Waals surface area contributed by atoms with Crippen molar-refractivity contribution in [1.82, 2.24) is 0 Å². The van der Waals surface area contributed by atoms with Crippen LogP contribution in [0, 0.1) is 0 Å². The smallest absolute Gasteiger partial charge is 0.0349 e. The highest BCUT2D eigenvalue weighted by Gasteiger charge is 1.98. The summed E-state index contributed by atoms with van der Waals surface area (Å²) in [5.41, 5.74) is 1.28. The molecule has 0 radical (unpaired) electrons. The van der Waals surface area contributed by atoms with Crippen molar-refractivity contribution in [3.8, 4) is 10.4 Å². The molecule has 0 fully saturated rings. The Balaban J connectivity index is 2.41. The summed E-state index contributed by atoms with van der Waals surface area (Å²) < 4.78 is 0. The molecule has 0 saturated heterocycles. The third-order valence-electron chi connectivity index (χ3n) is 1.89. The maximum atomic E-state index is 3.75. The molecule has 2 rings (SSSR count). The summed E-state index contributed by atoms with van der Waals surface area (Å²) in [6.45, 7) is 3.75. The van der Waals surface area contributed by atoms with Gasteiger partial charge in [-0.05, 0) is 17.7 Å². The first-order chi connectivity index (χ1) is 6.40. The topological polar surface area (TPSA) is 0 Å². The van der Waals surface area contributed by atoms with Gasteiger partial charge in [0.1, 0.15) is 0 Å². The summed E-state index contributed by atoms with van der Waals surface area (Å²) in [6, 6.07) is 14.6. The van der Waals surface area contributed by atoms with Gasteiger partial charge in [0.05, 0.1) is 0 Å². The zero-order chi connectivity index (χ0) is 9.10. The number of hydrogen-bond donors (Lipinski definition) is 0. The fourth-order valence-corrected chi connectivity index (χ4v) is 2.08. The van der Waals surface area contributed by atoms with Gasteiger partial charge in [-0.25, -0.2) is 0 Å². The second-order valence-corrected chi connectivity index (χ2v) is 3.89. The van der Waals surface area contributed by atoms with Gasteiger partial charge in [-0.2, -0.15) is 0 Å². The van der Waals surface area contributed by atoms with Gasteiger partial charge >= 0.3 is 0 Å². The summed E-state index contributed by atoms with van der Waals surface area (Å²) in [7, 11) is 0. The Morgan fingerprint density at radius 1 is 1.00 bits per heavy atom. The van der Waals surface area contributed by atoms with Crippen LogP contribution in [0.3, 0.4) is 0 Å². The van der Waals surface area contributed by atoms with Crippen molar-refractivity contribution in [1.29, 1.82) is 0 Å². The molecule has 0 atom stereocenters. The largest absolute Gasteiger partial charge is 0.136 e. The van der Waals surface area contributed by atoms with Crippen molar-refractivity contribution in [3.05, 3.63) is 53.9 Å². The Morgan fingerprint density at radius 3 is 2.38 bits per heavy atom. The van der Waals surface area contributed by atoms with Gasteiger partial charge in [-0.15, -0.1) is 11.3 Å². The predicted octanol–water partition coefficient (Wildman–Crippen LogP) is 4.06. The van der Waals surface area contributed by atoms with E-state index >= 15 is 0 Å².